The average Bonchev–Trinajstić information content (AvgIpc) is 2.60. The molecule has 0 radical (unpaired) electrons. The Hall–Kier alpha value is -1.96. The number of carbonyl (C=O) groups excluding carboxylic acids is 1. The van der Waals surface area contributed by atoms with E-state index in [0.29, 0.717) is 12.1 Å². The molecule has 20 heavy (non-hydrogen) atoms. The van der Waals surface area contributed by atoms with E-state index in [0.717, 1.165) is 0 Å². The lowest BCUT2D eigenvalue weighted by Gasteiger charge is -2.07. The predicted molar refractivity (Wildman–Crippen MR) is 66.9 cm³/mol. The lowest BCUT2D eigenvalue weighted by molar-refractivity contribution is 0.101. The molecule has 0 aliphatic carbocycles. The van der Waals surface area contributed by atoms with Crippen molar-refractivity contribution in [2.24, 2.45) is 7.05 Å². The normalized spacial score (nSPS) is 10.7. The van der Waals surface area contributed by atoms with Gasteiger partial charge in [-0.25, -0.2) is 17.6 Å². The molecule has 0 aliphatic rings. The lowest BCUT2D eigenvalue weighted by atomic mass is 10.2. The molecule has 3 nitrogen and oxygen atoms in total. The third kappa shape index (κ3) is 2.51. The third-order valence-corrected chi connectivity index (χ3v) is 2.87. The highest BCUT2D eigenvalue weighted by Gasteiger charge is 2.20. The molecule has 8 heteroatoms. The standard InChI is InChI=1S/C12H8F4N2OS/c1-18-4-8(20)10(16)11(18)12(19)17-5-2-6(13)9(15)7(14)3-5/h2-4,20H,1H3,(H,17,19). The zero-order valence-electron chi connectivity index (χ0n) is 10.0. The molecule has 0 aliphatic heterocycles. The van der Waals surface area contributed by atoms with Crippen LogP contribution in [0, 0.1) is 23.3 Å². The molecule has 0 spiro atoms. The van der Waals surface area contributed by atoms with E-state index < -0.39 is 29.2 Å². The first kappa shape index (κ1) is 14.4. The van der Waals surface area contributed by atoms with Gasteiger partial charge in [0.15, 0.2) is 23.3 Å². The molecule has 1 heterocycles. The number of aromatic nitrogens is 1. The van der Waals surface area contributed by atoms with Gasteiger partial charge in [-0.3, -0.25) is 4.79 Å². The summed E-state index contributed by atoms with van der Waals surface area (Å²) in [6.45, 7) is 0. The Labute approximate surface area is 116 Å². The number of aryl methyl sites for hydroxylation is 1. The first-order chi connectivity index (χ1) is 9.31. The molecule has 1 aromatic heterocycles. The van der Waals surface area contributed by atoms with Crippen LogP contribution in [0.5, 0.6) is 0 Å². The summed E-state index contributed by atoms with van der Waals surface area (Å²) in [6.07, 6.45) is 1.26. The SMILES string of the molecule is Cn1cc(S)c(F)c1C(=O)Nc1cc(F)c(F)c(F)c1. The van der Waals surface area contributed by atoms with E-state index in [4.69, 9.17) is 0 Å². The molecule has 0 saturated carbocycles. The van der Waals surface area contributed by atoms with Crippen molar-refractivity contribution in [3.8, 4) is 0 Å². The van der Waals surface area contributed by atoms with Crippen LogP contribution in [-0.4, -0.2) is 10.5 Å². The van der Waals surface area contributed by atoms with Crippen LogP contribution < -0.4 is 5.32 Å². The maximum atomic E-state index is 13.6. The molecule has 1 N–H and O–H groups in total. The highest BCUT2D eigenvalue weighted by Crippen LogP contribution is 2.21. The molecule has 2 rings (SSSR count). The number of anilines is 1. The fraction of sp³-hybridized carbons (Fsp3) is 0.0833. The summed E-state index contributed by atoms with van der Waals surface area (Å²) in [7, 11) is 1.41. The molecule has 0 bridgehead atoms. The van der Waals surface area contributed by atoms with E-state index in [2.05, 4.69) is 17.9 Å². The quantitative estimate of drug-likeness (QED) is 0.499. The first-order valence-electron chi connectivity index (χ1n) is 5.31. The van der Waals surface area contributed by atoms with Crippen molar-refractivity contribution in [3.63, 3.8) is 0 Å². The van der Waals surface area contributed by atoms with E-state index in [1.54, 1.807) is 0 Å². The molecule has 0 unspecified atom stereocenters. The summed E-state index contributed by atoms with van der Waals surface area (Å²) >= 11 is 3.81. The van der Waals surface area contributed by atoms with Crippen molar-refractivity contribution in [1.29, 1.82) is 0 Å². The van der Waals surface area contributed by atoms with Crippen molar-refractivity contribution in [1.82, 2.24) is 4.57 Å². The van der Waals surface area contributed by atoms with Gasteiger partial charge in [-0.05, 0) is 0 Å². The number of thiol groups is 1. The first-order valence-corrected chi connectivity index (χ1v) is 5.75. The number of halogens is 4. The number of hydrogen-bond acceptors (Lipinski definition) is 2. The Morgan fingerprint density at radius 1 is 1.15 bits per heavy atom. The van der Waals surface area contributed by atoms with Crippen LogP contribution >= 0.6 is 12.6 Å². The van der Waals surface area contributed by atoms with E-state index in [-0.39, 0.29) is 16.3 Å². The number of nitrogens with zero attached hydrogens (tertiary/aromatic N) is 1. The number of rotatable bonds is 2. The van der Waals surface area contributed by atoms with Gasteiger partial charge in [0.1, 0.15) is 5.69 Å². The van der Waals surface area contributed by atoms with Gasteiger partial charge in [0, 0.05) is 31.1 Å². The molecule has 106 valence electrons. The van der Waals surface area contributed by atoms with Gasteiger partial charge >= 0.3 is 0 Å². The third-order valence-electron chi connectivity index (χ3n) is 2.56. The van der Waals surface area contributed by atoms with Crippen molar-refractivity contribution in [3.05, 3.63) is 47.3 Å². The molecular formula is C12H8F4N2OS. The lowest BCUT2D eigenvalue weighted by Crippen LogP contribution is -2.17. The minimum atomic E-state index is -1.65. The van der Waals surface area contributed by atoms with Crippen molar-refractivity contribution in [2.75, 3.05) is 5.32 Å². The fourth-order valence-corrected chi connectivity index (χ4v) is 1.94. The summed E-state index contributed by atoms with van der Waals surface area (Å²) in [5.74, 6) is -6.36. The Balaban J connectivity index is 2.33. The van der Waals surface area contributed by atoms with Crippen LogP contribution in [-0.2, 0) is 7.05 Å². The highest BCUT2D eigenvalue weighted by atomic mass is 32.1. The Morgan fingerprint density at radius 2 is 1.70 bits per heavy atom. The van der Waals surface area contributed by atoms with E-state index in [1.807, 2.05) is 0 Å². The van der Waals surface area contributed by atoms with E-state index in [9.17, 15) is 22.4 Å². The Morgan fingerprint density at radius 3 is 2.15 bits per heavy atom. The monoisotopic (exact) mass is 304 g/mol. The van der Waals surface area contributed by atoms with Gasteiger partial charge in [0.05, 0.1) is 4.90 Å². The predicted octanol–water partition coefficient (Wildman–Crippen LogP) is 3.12. The molecule has 1 amide bonds. The molecule has 0 fully saturated rings. The van der Waals surface area contributed by atoms with Crippen LogP contribution in [0.1, 0.15) is 10.5 Å². The summed E-state index contributed by atoms with van der Waals surface area (Å²) in [5.41, 5.74) is -0.687. The average molecular weight is 304 g/mol. The Kier molecular flexibility index (Phi) is 3.76. The maximum absolute atomic E-state index is 13.6. The second-order valence-corrected chi connectivity index (χ2v) is 4.48. The second kappa shape index (κ2) is 5.20. The number of amides is 1. The summed E-state index contributed by atoms with van der Waals surface area (Å²) < 4.78 is 53.6. The molecular weight excluding hydrogens is 296 g/mol. The summed E-state index contributed by atoms with van der Waals surface area (Å²) in [6, 6.07) is 1.19. The van der Waals surface area contributed by atoms with Gasteiger partial charge in [0.25, 0.3) is 5.91 Å². The zero-order chi connectivity index (χ0) is 15.0. The largest absolute Gasteiger partial charge is 0.343 e. The van der Waals surface area contributed by atoms with E-state index in [1.165, 1.54) is 17.8 Å². The minimum absolute atomic E-state index is 0.0471. The molecule has 0 atom stereocenters. The number of benzene rings is 1. The van der Waals surface area contributed by atoms with Gasteiger partial charge in [-0.1, -0.05) is 0 Å². The number of hydrogen-bond donors (Lipinski definition) is 2. The van der Waals surface area contributed by atoms with Gasteiger partial charge in [-0.2, -0.15) is 0 Å². The van der Waals surface area contributed by atoms with E-state index >= 15 is 0 Å². The van der Waals surface area contributed by atoms with Crippen molar-refractivity contribution in [2.45, 2.75) is 4.90 Å². The Bertz CT molecular complexity index is 676. The second-order valence-electron chi connectivity index (χ2n) is 4.00. The number of nitrogens with one attached hydrogen (secondary N) is 1. The fourth-order valence-electron chi connectivity index (χ4n) is 1.66. The highest BCUT2D eigenvalue weighted by molar-refractivity contribution is 7.80. The zero-order valence-corrected chi connectivity index (χ0v) is 10.9. The van der Waals surface area contributed by atoms with Gasteiger partial charge in [0.2, 0.25) is 0 Å². The van der Waals surface area contributed by atoms with Gasteiger partial charge < -0.3 is 9.88 Å². The molecule has 0 saturated heterocycles. The number of carbonyl (C=O) groups is 1. The summed E-state index contributed by atoms with van der Waals surface area (Å²) in [5, 5.41) is 2.08. The van der Waals surface area contributed by atoms with Crippen LogP contribution in [0.25, 0.3) is 0 Å². The topological polar surface area (TPSA) is 34.0 Å². The van der Waals surface area contributed by atoms with Crippen LogP contribution in [0.4, 0.5) is 23.2 Å². The van der Waals surface area contributed by atoms with Crippen molar-refractivity contribution < 1.29 is 22.4 Å². The van der Waals surface area contributed by atoms with Crippen LogP contribution in [0.15, 0.2) is 23.2 Å². The van der Waals surface area contributed by atoms with Gasteiger partial charge in [-0.15, -0.1) is 12.6 Å². The molecule has 2 aromatic rings. The smallest absolute Gasteiger partial charge is 0.275 e. The minimum Gasteiger partial charge on any atom is -0.343 e. The summed E-state index contributed by atoms with van der Waals surface area (Å²) in [4.78, 5) is 11.8. The van der Waals surface area contributed by atoms with Crippen LogP contribution in [0.2, 0.25) is 0 Å². The molecule has 1 aromatic carbocycles. The van der Waals surface area contributed by atoms with Crippen molar-refractivity contribution >= 4 is 24.2 Å². The van der Waals surface area contributed by atoms with Crippen LogP contribution in [0.3, 0.4) is 0 Å². The maximum Gasteiger partial charge on any atom is 0.275 e.